The Morgan fingerprint density at radius 3 is 3.12 bits per heavy atom. The molecule has 5 heteroatoms. The molecule has 1 aliphatic rings. The summed E-state index contributed by atoms with van der Waals surface area (Å²) in [4.78, 5) is 12.0. The Kier molecular flexibility index (Phi) is 3.24. The monoisotopic (exact) mass is 222 g/mol. The molecule has 1 aromatic heterocycles. The van der Waals surface area contributed by atoms with E-state index in [-0.39, 0.29) is 11.9 Å². The standard InChI is InChI=1S/C11H18N4O/c1-3-8-6-10(15(2)14-8)11(16)13-9-4-5-12-7-9/h6,9,12H,3-5,7H2,1-2H3,(H,13,16)/t9-/m0/s1. The average molecular weight is 222 g/mol. The average Bonchev–Trinajstić information content (AvgIpc) is 2.87. The molecule has 0 bridgehead atoms. The number of amides is 1. The van der Waals surface area contributed by atoms with Crippen molar-refractivity contribution >= 4 is 5.91 Å². The van der Waals surface area contributed by atoms with Gasteiger partial charge in [-0.25, -0.2) is 0 Å². The highest BCUT2D eigenvalue weighted by Gasteiger charge is 2.19. The molecule has 1 aliphatic heterocycles. The van der Waals surface area contributed by atoms with Crippen LogP contribution in [-0.4, -0.2) is 34.8 Å². The molecule has 0 radical (unpaired) electrons. The second kappa shape index (κ2) is 4.65. The van der Waals surface area contributed by atoms with Crippen LogP contribution in [0.15, 0.2) is 6.07 Å². The zero-order valence-electron chi connectivity index (χ0n) is 9.79. The van der Waals surface area contributed by atoms with Crippen LogP contribution < -0.4 is 10.6 Å². The number of aromatic nitrogens is 2. The first-order valence-corrected chi connectivity index (χ1v) is 5.75. The Morgan fingerprint density at radius 1 is 1.75 bits per heavy atom. The lowest BCUT2D eigenvalue weighted by Gasteiger charge is -2.10. The third kappa shape index (κ3) is 2.24. The Morgan fingerprint density at radius 2 is 2.56 bits per heavy atom. The highest BCUT2D eigenvalue weighted by molar-refractivity contribution is 5.92. The predicted octanol–water partition coefficient (Wildman–Crippen LogP) is 0.0742. The fourth-order valence-corrected chi connectivity index (χ4v) is 1.95. The van der Waals surface area contributed by atoms with Crippen LogP contribution in [-0.2, 0) is 13.5 Å². The minimum atomic E-state index is -0.0246. The maximum absolute atomic E-state index is 12.0. The molecular weight excluding hydrogens is 204 g/mol. The van der Waals surface area contributed by atoms with Crippen LogP contribution in [0.2, 0.25) is 0 Å². The smallest absolute Gasteiger partial charge is 0.269 e. The number of carbonyl (C=O) groups excluding carboxylic acids is 1. The van der Waals surface area contributed by atoms with Gasteiger partial charge < -0.3 is 10.6 Å². The molecule has 1 amide bonds. The lowest BCUT2D eigenvalue weighted by atomic mass is 10.2. The van der Waals surface area contributed by atoms with Gasteiger partial charge in [-0.15, -0.1) is 0 Å². The first kappa shape index (κ1) is 11.1. The third-order valence-electron chi connectivity index (χ3n) is 2.92. The van der Waals surface area contributed by atoms with E-state index in [0.717, 1.165) is 31.6 Å². The Bertz CT molecular complexity index is 379. The molecule has 2 rings (SSSR count). The van der Waals surface area contributed by atoms with E-state index in [0.29, 0.717) is 5.69 Å². The molecule has 0 saturated carbocycles. The van der Waals surface area contributed by atoms with Crippen molar-refractivity contribution in [3.63, 3.8) is 0 Å². The molecule has 16 heavy (non-hydrogen) atoms. The number of carbonyl (C=O) groups is 1. The molecular formula is C11H18N4O. The van der Waals surface area contributed by atoms with Gasteiger partial charge in [0.1, 0.15) is 5.69 Å². The van der Waals surface area contributed by atoms with Gasteiger partial charge in [0.2, 0.25) is 0 Å². The van der Waals surface area contributed by atoms with Crippen LogP contribution in [0, 0.1) is 0 Å². The molecule has 0 aromatic carbocycles. The van der Waals surface area contributed by atoms with Crippen LogP contribution in [0.25, 0.3) is 0 Å². The minimum Gasteiger partial charge on any atom is -0.347 e. The van der Waals surface area contributed by atoms with Gasteiger partial charge in [-0.3, -0.25) is 9.48 Å². The van der Waals surface area contributed by atoms with E-state index in [1.165, 1.54) is 0 Å². The number of hydrogen-bond acceptors (Lipinski definition) is 3. The summed E-state index contributed by atoms with van der Waals surface area (Å²) in [5.41, 5.74) is 1.60. The van der Waals surface area contributed by atoms with Crippen molar-refractivity contribution in [2.24, 2.45) is 7.05 Å². The van der Waals surface area contributed by atoms with Gasteiger partial charge in [-0.1, -0.05) is 6.92 Å². The summed E-state index contributed by atoms with van der Waals surface area (Å²) in [6.45, 7) is 3.88. The van der Waals surface area contributed by atoms with Crippen molar-refractivity contribution in [2.75, 3.05) is 13.1 Å². The number of nitrogens with zero attached hydrogens (tertiary/aromatic N) is 2. The summed E-state index contributed by atoms with van der Waals surface area (Å²) in [7, 11) is 1.81. The molecule has 5 nitrogen and oxygen atoms in total. The van der Waals surface area contributed by atoms with E-state index in [1.807, 2.05) is 13.0 Å². The van der Waals surface area contributed by atoms with Crippen LogP contribution in [0.3, 0.4) is 0 Å². The fraction of sp³-hybridized carbons (Fsp3) is 0.636. The highest BCUT2D eigenvalue weighted by atomic mass is 16.2. The van der Waals surface area contributed by atoms with Gasteiger partial charge in [0.05, 0.1) is 5.69 Å². The van der Waals surface area contributed by atoms with E-state index in [4.69, 9.17) is 0 Å². The largest absolute Gasteiger partial charge is 0.347 e. The summed E-state index contributed by atoms with van der Waals surface area (Å²) in [6, 6.07) is 2.12. The van der Waals surface area contributed by atoms with Gasteiger partial charge in [0, 0.05) is 19.6 Å². The van der Waals surface area contributed by atoms with Crippen molar-refractivity contribution in [1.82, 2.24) is 20.4 Å². The van der Waals surface area contributed by atoms with Gasteiger partial charge in [0.15, 0.2) is 0 Å². The highest BCUT2D eigenvalue weighted by Crippen LogP contribution is 2.05. The van der Waals surface area contributed by atoms with E-state index in [1.54, 1.807) is 11.7 Å². The SMILES string of the molecule is CCc1cc(C(=O)N[C@H]2CCNC2)n(C)n1. The number of rotatable bonds is 3. The summed E-state index contributed by atoms with van der Waals surface area (Å²) in [5, 5.41) is 10.5. The van der Waals surface area contributed by atoms with Crippen molar-refractivity contribution < 1.29 is 4.79 Å². The normalized spacial score (nSPS) is 20.0. The zero-order valence-corrected chi connectivity index (χ0v) is 9.79. The Labute approximate surface area is 95.2 Å². The molecule has 2 heterocycles. The first-order chi connectivity index (χ1) is 7.70. The predicted molar refractivity (Wildman–Crippen MR) is 61.3 cm³/mol. The Hall–Kier alpha value is -1.36. The van der Waals surface area contributed by atoms with Crippen LogP contribution in [0.4, 0.5) is 0 Å². The maximum Gasteiger partial charge on any atom is 0.269 e. The molecule has 0 spiro atoms. The molecule has 1 aromatic rings. The zero-order chi connectivity index (χ0) is 11.5. The van der Waals surface area contributed by atoms with Gasteiger partial charge >= 0.3 is 0 Å². The van der Waals surface area contributed by atoms with Crippen molar-refractivity contribution in [3.05, 3.63) is 17.5 Å². The quantitative estimate of drug-likeness (QED) is 0.761. The minimum absolute atomic E-state index is 0.0246. The number of aryl methyl sites for hydroxylation is 2. The van der Waals surface area contributed by atoms with Gasteiger partial charge in [-0.2, -0.15) is 5.10 Å². The lowest BCUT2D eigenvalue weighted by molar-refractivity contribution is 0.0930. The third-order valence-corrected chi connectivity index (χ3v) is 2.92. The molecule has 2 N–H and O–H groups in total. The summed E-state index contributed by atoms with van der Waals surface area (Å²) < 4.78 is 1.65. The second-order valence-corrected chi connectivity index (χ2v) is 4.16. The second-order valence-electron chi connectivity index (χ2n) is 4.16. The Balaban J connectivity index is 2.04. The molecule has 0 aliphatic carbocycles. The maximum atomic E-state index is 12.0. The molecule has 0 unspecified atom stereocenters. The van der Waals surface area contributed by atoms with Gasteiger partial charge in [-0.05, 0) is 25.5 Å². The van der Waals surface area contributed by atoms with Crippen molar-refractivity contribution in [2.45, 2.75) is 25.8 Å². The number of hydrogen-bond donors (Lipinski definition) is 2. The fourth-order valence-electron chi connectivity index (χ4n) is 1.95. The van der Waals surface area contributed by atoms with Crippen LogP contribution >= 0.6 is 0 Å². The molecule has 88 valence electrons. The number of nitrogens with one attached hydrogen (secondary N) is 2. The summed E-state index contributed by atoms with van der Waals surface area (Å²) in [5.74, 6) is -0.0246. The van der Waals surface area contributed by atoms with Crippen molar-refractivity contribution in [1.29, 1.82) is 0 Å². The van der Waals surface area contributed by atoms with E-state index >= 15 is 0 Å². The lowest BCUT2D eigenvalue weighted by Crippen LogP contribution is -2.37. The summed E-state index contributed by atoms with van der Waals surface area (Å²) >= 11 is 0. The topological polar surface area (TPSA) is 59.0 Å². The van der Waals surface area contributed by atoms with Crippen LogP contribution in [0.5, 0.6) is 0 Å². The van der Waals surface area contributed by atoms with Gasteiger partial charge in [0.25, 0.3) is 5.91 Å². The van der Waals surface area contributed by atoms with Crippen molar-refractivity contribution in [3.8, 4) is 0 Å². The van der Waals surface area contributed by atoms with E-state index < -0.39 is 0 Å². The summed E-state index contributed by atoms with van der Waals surface area (Å²) in [6.07, 6.45) is 1.86. The molecule has 1 atom stereocenters. The molecule has 1 fully saturated rings. The molecule has 1 saturated heterocycles. The first-order valence-electron chi connectivity index (χ1n) is 5.75. The van der Waals surface area contributed by atoms with E-state index in [2.05, 4.69) is 15.7 Å². The van der Waals surface area contributed by atoms with E-state index in [9.17, 15) is 4.79 Å². The van der Waals surface area contributed by atoms with Crippen LogP contribution in [0.1, 0.15) is 29.5 Å².